The molecule has 5 heteroatoms. The molecule has 1 atom stereocenters. The highest BCUT2D eigenvalue weighted by atomic mass is 79.9. The Morgan fingerprint density at radius 2 is 1.95 bits per heavy atom. The van der Waals surface area contributed by atoms with Gasteiger partial charge in [-0.3, -0.25) is 4.79 Å². The Bertz CT molecular complexity index is 641. The Hall–Kier alpha value is -1.85. The van der Waals surface area contributed by atoms with Crippen molar-refractivity contribution in [2.45, 2.75) is 19.4 Å². The highest BCUT2D eigenvalue weighted by Gasteiger charge is 2.15. The molecule has 0 aliphatic heterocycles. The normalized spacial score (nSPS) is 12.0. The van der Waals surface area contributed by atoms with Crippen LogP contribution in [0.4, 0.5) is 5.69 Å². The maximum absolute atomic E-state index is 12.1. The van der Waals surface area contributed by atoms with Crippen LogP contribution in [0.25, 0.3) is 0 Å². The number of carbonyl (C=O) groups is 1. The highest BCUT2D eigenvalue weighted by molar-refractivity contribution is 9.10. The van der Waals surface area contributed by atoms with Crippen LogP contribution in [0, 0.1) is 6.92 Å². The van der Waals surface area contributed by atoms with Crippen LogP contribution in [0.5, 0.6) is 5.75 Å². The van der Waals surface area contributed by atoms with E-state index in [1.807, 2.05) is 25.1 Å². The van der Waals surface area contributed by atoms with Gasteiger partial charge in [-0.1, -0.05) is 18.2 Å². The number of phenolic OH excluding ortho intramolecular Hbond substituents is 1. The molecule has 0 saturated heterocycles. The number of anilines is 1. The molecule has 0 aliphatic rings. The molecule has 0 aromatic heterocycles. The molecule has 0 spiro atoms. The number of carbonyl (C=O) groups excluding carboxylic acids is 1. The van der Waals surface area contributed by atoms with E-state index in [2.05, 4.69) is 21.2 Å². The maximum atomic E-state index is 12.1. The first-order chi connectivity index (χ1) is 9.95. The fourth-order valence-corrected chi connectivity index (χ4v) is 2.52. The fourth-order valence-electron chi connectivity index (χ4n) is 1.93. The van der Waals surface area contributed by atoms with Crippen LogP contribution in [-0.2, 0) is 11.2 Å². The van der Waals surface area contributed by atoms with Crippen LogP contribution < -0.4 is 11.1 Å². The predicted octanol–water partition coefficient (Wildman–Crippen LogP) is 2.97. The molecule has 0 aliphatic carbocycles. The second kappa shape index (κ2) is 6.74. The Morgan fingerprint density at radius 1 is 1.29 bits per heavy atom. The highest BCUT2D eigenvalue weighted by Crippen LogP contribution is 2.23. The lowest BCUT2D eigenvalue weighted by atomic mass is 10.1. The van der Waals surface area contributed by atoms with Crippen LogP contribution in [0.3, 0.4) is 0 Å². The Balaban J connectivity index is 2.00. The van der Waals surface area contributed by atoms with E-state index >= 15 is 0 Å². The van der Waals surface area contributed by atoms with Crippen molar-refractivity contribution in [3.05, 3.63) is 58.1 Å². The number of nitrogens with one attached hydrogen (secondary N) is 1. The van der Waals surface area contributed by atoms with Crippen molar-refractivity contribution in [2.75, 3.05) is 5.32 Å². The summed E-state index contributed by atoms with van der Waals surface area (Å²) in [5.41, 5.74) is 8.63. The van der Waals surface area contributed by atoms with Crippen LogP contribution in [0.2, 0.25) is 0 Å². The SMILES string of the molecule is Cc1ccc(NC(=O)C(N)Cc2ccc(O)cc2)c(Br)c1. The smallest absolute Gasteiger partial charge is 0.241 e. The molecule has 2 rings (SSSR count). The molecule has 0 heterocycles. The minimum Gasteiger partial charge on any atom is -0.508 e. The van der Waals surface area contributed by atoms with Gasteiger partial charge >= 0.3 is 0 Å². The Kier molecular flexibility index (Phi) is 4.98. The number of nitrogens with two attached hydrogens (primary N) is 1. The lowest BCUT2D eigenvalue weighted by molar-refractivity contribution is -0.117. The summed E-state index contributed by atoms with van der Waals surface area (Å²) in [5, 5.41) is 12.0. The lowest BCUT2D eigenvalue weighted by Gasteiger charge is -2.13. The first kappa shape index (κ1) is 15.5. The molecule has 0 fully saturated rings. The van der Waals surface area contributed by atoms with E-state index < -0.39 is 6.04 Å². The van der Waals surface area contributed by atoms with Crippen molar-refractivity contribution < 1.29 is 9.90 Å². The van der Waals surface area contributed by atoms with Gasteiger partial charge in [0.25, 0.3) is 0 Å². The van der Waals surface area contributed by atoms with Gasteiger partial charge in [-0.05, 0) is 64.7 Å². The summed E-state index contributed by atoms with van der Waals surface area (Å²) in [4.78, 5) is 12.1. The van der Waals surface area contributed by atoms with Crippen molar-refractivity contribution in [3.63, 3.8) is 0 Å². The zero-order chi connectivity index (χ0) is 15.4. The number of hydrogen-bond acceptors (Lipinski definition) is 3. The molecule has 2 aromatic carbocycles. The molecule has 4 nitrogen and oxygen atoms in total. The maximum Gasteiger partial charge on any atom is 0.241 e. The summed E-state index contributed by atoms with van der Waals surface area (Å²) in [7, 11) is 0. The summed E-state index contributed by atoms with van der Waals surface area (Å²) in [6.45, 7) is 1.98. The van der Waals surface area contributed by atoms with Crippen LogP contribution in [-0.4, -0.2) is 17.1 Å². The van der Waals surface area contributed by atoms with Crippen LogP contribution >= 0.6 is 15.9 Å². The third-order valence-corrected chi connectivity index (χ3v) is 3.77. The van der Waals surface area contributed by atoms with Gasteiger partial charge in [-0.15, -0.1) is 0 Å². The number of benzene rings is 2. The minimum absolute atomic E-state index is 0.195. The molecule has 110 valence electrons. The quantitative estimate of drug-likeness (QED) is 0.794. The van der Waals surface area contributed by atoms with Crippen LogP contribution in [0.15, 0.2) is 46.9 Å². The summed E-state index contributed by atoms with van der Waals surface area (Å²) in [6.07, 6.45) is 0.412. The van der Waals surface area contributed by atoms with E-state index in [0.29, 0.717) is 12.1 Å². The van der Waals surface area contributed by atoms with E-state index in [1.54, 1.807) is 24.3 Å². The second-order valence-corrected chi connectivity index (χ2v) is 5.80. The zero-order valence-electron chi connectivity index (χ0n) is 11.6. The predicted molar refractivity (Wildman–Crippen MR) is 87.3 cm³/mol. The summed E-state index contributed by atoms with van der Waals surface area (Å²) in [6, 6.07) is 11.7. The third-order valence-electron chi connectivity index (χ3n) is 3.11. The first-order valence-corrected chi connectivity index (χ1v) is 7.35. The van der Waals surface area contributed by atoms with Gasteiger partial charge in [0.05, 0.1) is 11.7 Å². The van der Waals surface area contributed by atoms with Gasteiger partial charge in [0.2, 0.25) is 5.91 Å². The molecule has 0 bridgehead atoms. The fraction of sp³-hybridized carbons (Fsp3) is 0.188. The molecule has 21 heavy (non-hydrogen) atoms. The zero-order valence-corrected chi connectivity index (χ0v) is 13.2. The number of aryl methyl sites for hydroxylation is 1. The molecule has 2 aromatic rings. The van der Waals surface area contributed by atoms with Crippen molar-refractivity contribution in [1.82, 2.24) is 0 Å². The summed E-state index contributed by atoms with van der Waals surface area (Å²) in [5.74, 6) is -0.0482. The molecular formula is C16H17BrN2O2. The number of halogens is 1. The molecule has 0 radical (unpaired) electrons. The van der Waals surface area contributed by atoms with Crippen LogP contribution in [0.1, 0.15) is 11.1 Å². The Labute approximate surface area is 132 Å². The number of hydrogen-bond donors (Lipinski definition) is 3. The van der Waals surface area contributed by atoms with Gasteiger partial charge < -0.3 is 16.2 Å². The number of rotatable bonds is 4. The van der Waals surface area contributed by atoms with Crippen molar-refractivity contribution >= 4 is 27.5 Å². The van der Waals surface area contributed by atoms with Crippen molar-refractivity contribution in [1.29, 1.82) is 0 Å². The van der Waals surface area contributed by atoms with Crippen molar-refractivity contribution in [3.8, 4) is 5.75 Å². The second-order valence-electron chi connectivity index (χ2n) is 4.95. The summed E-state index contributed by atoms with van der Waals surface area (Å²) >= 11 is 3.42. The molecule has 4 N–H and O–H groups in total. The summed E-state index contributed by atoms with van der Waals surface area (Å²) < 4.78 is 0.827. The monoisotopic (exact) mass is 348 g/mol. The number of phenols is 1. The average molecular weight is 349 g/mol. The molecular weight excluding hydrogens is 332 g/mol. The van der Waals surface area contributed by atoms with E-state index in [-0.39, 0.29) is 11.7 Å². The molecule has 1 unspecified atom stereocenters. The topological polar surface area (TPSA) is 75.4 Å². The van der Waals surface area contributed by atoms with Gasteiger partial charge in [0.1, 0.15) is 5.75 Å². The van der Waals surface area contributed by atoms with Gasteiger partial charge in [0, 0.05) is 4.47 Å². The van der Waals surface area contributed by atoms with Crippen molar-refractivity contribution in [2.24, 2.45) is 5.73 Å². The van der Waals surface area contributed by atoms with E-state index in [9.17, 15) is 9.90 Å². The van der Waals surface area contributed by atoms with E-state index in [4.69, 9.17) is 5.73 Å². The number of amides is 1. The van der Waals surface area contributed by atoms with Gasteiger partial charge in [0.15, 0.2) is 0 Å². The average Bonchev–Trinajstić information content (AvgIpc) is 2.44. The van der Waals surface area contributed by atoms with Gasteiger partial charge in [-0.2, -0.15) is 0 Å². The Morgan fingerprint density at radius 3 is 2.57 bits per heavy atom. The van der Waals surface area contributed by atoms with E-state index in [1.165, 1.54) is 0 Å². The third kappa shape index (κ3) is 4.31. The first-order valence-electron chi connectivity index (χ1n) is 6.56. The largest absolute Gasteiger partial charge is 0.508 e. The standard InChI is InChI=1S/C16H17BrN2O2/c1-10-2-7-15(13(17)8-10)19-16(21)14(18)9-11-3-5-12(20)6-4-11/h2-8,14,20H,9,18H2,1H3,(H,19,21). The lowest BCUT2D eigenvalue weighted by Crippen LogP contribution is -2.37. The molecule has 0 saturated carbocycles. The minimum atomic E-state index is -0.650. The van der Waals surface area contributed by atoms with E-state index in [0.717, 1.165) is 15.6 Å². The number of aromatic hydroxyl groups is 1. The van der Waals surface area contributed by atoms with Gasteiger partial charge in [-0.25, -0.2) is 0 Å². The molecule has 1 amide bonds.